The number of ether oxygens (including phenoxy) is 1. The van der Waals surface area contributed by atoms with Gasteiger partial charge in [0.25, 0.3) is 0 Å². The zero-order valence-corrected chi connectivity index (χ0v) is 21.2. The van der Waals surface area contributed by atoms with E-state index < -0.39 is 34.4 Å². The highest BCUT2D eigenvalue weighted by molar-refractivity contribution is 6.45. The van der Waals surface area contributed by atoms with Crippen molar-refractivity contribution in [1.29, 1.82) is 0 Å². The summed E-state index contributed by atoms with van der Waals surface area (Å²) in [4.78, 5) is 37.4. The van der Waals surface area contributed by atoms with E-state index in [9.17, 15) is 14.4 Å². The van der Waals surface area contributed by atoms with E-state index in [1.165, 1.54) is 13.8 Å². The molecule has 0 aromatic rings. The van der Waals surface area contributed by atoms with E-state index in [-0.39, 0.29) is 24.9 Å². The normalized spacial score (nSPS) is 29.3. The van der Waals surface area contributed by atoms with E-state index in [1.54, 1.807) is 0 Å². The summed E-state index contributed by atoms with van der Waals surface area (Å²) in [5.74, 6) is -0.994. The van der Waals surface area contributed by atoms with Gasteiger partial charge in [-0.15, -0.1) is 0 Å². The Morgan fingerprint density at radius 3 is 2.06 bits per heavy atom. The van der Waals surface area contributed by atoms with Gasteiger partial charge in [-0.25, -0.2) is 0 Å². The fourth-order valence-electron chi connectivity index (χ4n) is 4.58. The van der Waals surface area contributed by atoms with Crippen molar-refractivity contribution >= 4 is 24.9 Å². The zero-order chi connectivity index (χ0) is 24.5. The van der Waals surface area contributed by atoms with Gasteiger partial charge in [0.1, 0.15) is 6.10 Å². The third-order valence-electron chi connectivity index (χ3n) is 6.71. The number of rotatable bonds is 6. The molecule has 0 aromatic carbocycles. The average molecular weight is 452 g/mol. The molecular weight excluding hydrogens is 411 g/mol. The van der Waals surface area contributed by atoms with Crippen molar-refractivity contribution in [2.24, 2.45) is 5.92 Å². The van der Waals surface area contributed by atoms with Gasteiger partial charge in [0, 0.05) is 19.4 Å². The van der Waals surface area contributed by atoms with Crippen molar-refractivity contribution in [3.63, 3.8) is 0 Å². The van der Waals surface area contributed by atoms with E-state index in [1.807, 2.05) is 48.5 Å². The quantitative estimate of drug-likeness (QED) is 0.475. The fraction of sp³-hybridized carbons (Fsp3) is 0.870. The first-order chi connectivity index (χ1) is 14.5. The number of amides is 2. The zero-order valence-electron chi connectivity index (χ0n) is 21.2. The second-order valence-electron chi connectivity index (χ2n) is 11.4. The summed E-state index contributed by atoms with van der Waals surface area (Å²) in [5.41, 5.74) is -2.60. The molecule has 2 N–H and O–H groups in total. The molecule has 182 valence electrons. The summed E-state index contributed by atoms with van der Waals surface area (Å²) in [6, 6.07) is 0. The van der Waals surface area contributed by atoms with Crippen LogP contribution in [0.1, 0.15) is 88.0 Å². The van der Waals surface area contributed by atoms with Crippen LogP contribution >= 0.6 is 0 Å². The predicted octanol–water partition coefficient (Wildman–Crippen LogP) is 2.99. The second-order valence-corrected chi connectivity index (χ2v) is 11.4. The highest BCUT2D eigenvalue weighted by atomic mass is 16.7. The molecule has 8 nitrogen and oxygen atoms in total. The van der Waals surface area contributed by atoms with Gasteiger partial charge in [-0.3, -0.25) is 14.4 Å². The molecule has 1 saturated heterocycles. The molecule has 32 heavy (non-hydrogen) atoms. The molecule has 0 spiro atoms. The summed E-state index contributed by atoms with van der Waals surface area (Å²) in [6.45, 7) is 16.4. The van der Waals surface area contributed by atoms with Gasteiger partial charge in [-0.05, 0) is 80.0 Å². The molecule has 1 aliphatic carbocycles. The molecule has 0 unspecified atom stereocenters. The molecule has 2 aliphatic rings. The number of nitrogens with one attached hydrogen (secondary N) is 2. The van der Waals surface area contributed by atoms with Crippen LogP contribution in [-0.4, -0.2) is 53.3 Å². The van der Waals surface area contributed by atoms with Crippen LogP contribution in [0.4, 0.5) is 0 Å². The molecule has 1 aliphatic heterocycles. The van der Waals surface area contributed by atoms with Gasteiger partial charge < -0.3 is 24.7 Å². The summed E-state index contributed by atoms with van der Waals surface area (Å²) in [5, 5.41) is 5.85. The maximum atomic E-state index is 13.5. The Morgan fingerprint density at radius 1 is 1.03 bits per heavy atom. The van der Waals surface area contributed by atoms with Crippen LogP contribution in [-0.2, 0) is 28.4 Å². The molecule has 2 fully saturated rings. The molecule has 0 radical (unpaired) electrons. The minimum atomic E-state index is -1.32. The summed E-state index contributed by atoms with van der Waals surface area (Å²) in [7, 11) is -0.315. The van der Waals surface area contributed by atoms with Crippen molar-refractivity contribution in [2.75, 3.05) is 0 Å². The fourth-order valence-corrected chi connectivity index (χ4v) is 4.58. The molecule has 3 atom stereocenters. The van der Waals surface area contributed by atoms with Gasteiger partial charge in [-0.1, -0.05) is 6.42 Å². The predicted molar refractivity (Wildman–Crippen MR) is 123 cm³/mol. The maximum absolute atomic E-state index is 13.5. The average Bonchev–Trinajstić information content (AvgIpc) is 2.79. The highest BCUT2D eigenvalue weighted by Crippen LogP contribution is 2.41. The summed E-state index contributed by atoms with van der Waals surface area (Å²) in [6.07, 6.45) is 2.39. The third kappa shape index (κ3) is 6.25. The molecule has 0 aromatic heterocycles. The Labute approximate surface area is 193 Å². The number of hydrogen-bond acceptors (Lipinski definition) is 6. The maximum Gasteiger partial charge on any atom is 0.457 e. The lowest BCUT2D eigenvalue weighted by atomic mass is 9.68. The van der Waals surface area contributed by atoms with Crippen LogP contribution in [0.5, 0.6) is 0 Å². The van der Waals surface area contributed by atoms with Gasteiger partial charge in [0.05, 0.1) is 11.2 Å². The molecule has 2 rings (SSSR count). The monoisotopic (exact) mass is 452 g/mol. The number of esters is 1. The lowest BCUT2D eigenvalue weighted by Gasteiger charge is -2.46. The first-order valence-corrected chi connectivity index (χ1v) is 11.6. The van der Waals surface area contributed by atoms with Crippen LogP contribution < -0.4 is 10.6 Å². The molecule has 1 heterocycles. The van der Waals surface area contributed by atoms with Crippen LogP contribution in [0.3, 0.4) is 0 Å². The van der Waals surface area contributed by atoms with E-state index in [2.05, 4.69) is 10.6 Å². The van der Waals surface area contributed by atoms with Crippen LogP contribution in [0, 0.1) is 5.92 Å². The van der Waals surface area contributed by atoms with E-state index in [4.69, 9.17) is 14.0 Å². The van der Waals surface area contributed by atoms with Crippen molar-refractivity contribution < 1.29 is 28.4 Å². The minimum absolute atomic E-state index is 0.137. The van der Waals surface area contributed by atoms with Crippen molar-refractivity contribution in [2.45, 2.75) is 123 Å². The van der Waals surface area contributed by atoms with Gasteiger partial charge in [0.2, 0.25) is 11.8 Å². The van der Waals surface area contributed by atoms with Crippen LogP contribution in [0.15, 0.2) is 0 Å². The van der Waals surface area contributed by atoms with Gasteiger partial charge >= 0.3 is 13.1 Å². The Morgan fingerprint density at radius 2 is 1.59 bits per heavy atom. The first-order valence-electron chi connectivity index (χ1n) is 11.6. The summed E-state index contributed by atoms with van der Waals surface area (Å²) >= 11 is 0. The van der Waals surface area contributed by atoms with E-state index >= 15 is 0 Å². The van der Waals surface area contributed by atoms with Crippen LogP contribution in [0.25, 0.3) is 0 Å². The number of hydrogen-bond donors (Lipinski definition) is 2. The number of carbonyl (C=O) groups excluding carboxylic acids is 3. The van der Waals surface area contributed by atoms with Crippen molar-refractivity contribution in [3.05, 3.63) is 0 Å². The van der Waals surface area contributed by atoms with Gasteiger partial charge in [0.15, 0.2) is 5.54 Å². The number of carbonyl (C=O) groups is 3. The topological polar surface area (TPSA) is 103 Å². The van der Waals surface area contributed by atoms with Crippen molar-refractivity contribution in [3.8, 4) is 0 Å². The molecule has 2 amide bonds. The molecule has 9 heteroatoms. The third-order valence-corrected chi connectivity index (χ3v) is 6.71. The second kappa shape index (κ2) is 9.33. The smallest absolute Gasteiger partial charge is 0.457 e. The largest absolute Gasteiger partial charge is 0.459 e. The Balaban J connectivity index is 2.22. The van der Waals surface area contributed by atoms with E-state index in [0.29, 0.717) is 19.2 Å². The lowest BCUT2D eigenvalue weighted by Crippen LogP contribution is -2.69. The molecule has 1 saturated carbocycles. The summed E-state index contributed by atoms with van der Waals surface area (Å²) < 4.78 is 17.8. The lowest BCUT2D eigenvalue weighted by molar-refractivity contribution is -0.161. The van der Waals surface area contributed by atoms with Crippen molar-refractivity contribution in [1.82, 2.24) is 10.6 Å². The SMILES string of the molecule is CC(=O)N[C@@]1(C(=O)NC(C)(C)C)C[C@H](CCB2OC(C)(C)C(C)(C)O2)CC[C@H]1OC(C)=O. The van der Waals surface area contributed by atoms with Crippen LogP contribution in [0.2, 0.25) is 6.32 Å². The standard InChI is InChI=1S/C23H41BN2O6/c1-15(27)25-23(19(29)26-20(3,4)5)14-17(10-11-18(23)30-16(2)28)12-13-24-31-21(6,7)22(8,9)32-24/h17-18H,10-14H2,1-9H3,(H,25,27)(H,26,29)/t17-,18+,23-/m0/s1. The van der Waals surface area contributed by atoms with Gasteiger partial charge in [-0.2, -0.15) is 0 Å². The molecular formula is C23H41BN2O6. The molecule has 0 bridgehead atoms. The first kappa shape index (κ1) is 26.6. The minimum Gasteiger partial charge on any atom is -0.459 e. The Kier molecular flexibility index (Phi) is 7.77. The Bertz CT molecular complexity index is 716. The Hall–Kier alpha value is -1.61. The van der Waals surface area contributed by atoms with E-state index in [0.717, 1.165) is 12.8 Å². The highest BCUT2D eigenvalue weighted by Gasteiger charge is 2.54.